The van der Waals surface area contributed by atoms with Crippen molar-refractivity contribution in [1.29, 1.82) is 0 Å². The quantitative estimate of drug-likeness (QED) is 0.483. The Labute approximate surface area is 203 Å². The van der Waals surface area contributed by atoms with Crippen LogP contribution in [0, 0.1) is 0 Å². The summed E-state index contributed by atoms with van der Waals surface area (Å²) in [5.41, 5.74) is 10.3. The van der Waals surface area contributed by atoms with Crippen molar-refractivity contribution in [1.82, 2.24) is 20.4 Å². The van der Waals surface area contributed by atoms with Crippen LogP contribution in [-0.4, -0.2) is 58.2 Å². The molecule has 5 rings (SSSR count). The highest BCUT2D eigenvalue weighted by Crippen LogP contribution is 2.32. The van der Waals surface area contributed by atoms with Gasteiger partial charge in [-0.25, -0.2) is 0 Å². The number of nitrogens with two attached hydrogens (primary N) is 1. The van der Waals surface area contributed by atoms with Crippen LogP contribution < -0.4 is 16.0 Å². The topological polar surface area (TPSA) is 125 Å². The number of aromatic hydroxyl groups is 1. The first-order chi connectivity index (χ1) is 17.0. The molecule has 35 heavy (non-hydrogen) atoms. The summed E-state index contributed by atoms with van der Waals surface area (Å²) in [5, 5.41) is 21.0. The average Bonchev–Trinajstić information content (AvgIpc) is 2.86. The van der Waals surface area contributed by atoms with Crippen LogP contribution in [0.3, 0.4) is 0 Å². The molecule has 0 aliphatic carbocycles. The van der Waals surface area contributed by atoms with E-state index in [1.807, 2.05) is 30.3 Å². The largest absolute Gasteiger partial charge is 0.507 e. The van der Waals surface area contributed by atoms with Crippen LogP contribution in [0.5, 0.6) is 5.75 Å². The molecule has 3 heterocycles. The van der Waals surface area contributed by atoms with Crippen LogP contribution in [0.15, 0.2) is 54.6 Å². The average molecular weight is 473 g/mol. The molecule has 2 saturated heterocycles. The zero-order chi connectivity index (χ0) is 24.4. The van der Waals surface area contributed by atoms with Gasteiger partial charge in [-0.15, -0.1) is 10.2 Å². The van der Waals surface area contributed by atoms with Gasteiger partial charge in [0.15, 0.2) is 5.82 Å². The molecule has 180 valence electrons. The van der Waals surface area contributed by atoms with Gasteiger partial charge in [-0.05, 0) is 35.7 Å². The molecule has 0 saturated carbocycles. The molecular weight excluding hydrogens is 444 g/mol. The highest BCUT2D eigenvalue weighted by Gasteiger charge is 2.30. The number of piperazine rings is 1. The van der Waals surface area contributed by atoms with Gasteiger partial charge >= 0.3 is 0 Å². The normalized spacial score (nSPS) is 19.0. The molecule has 4 N–H and O–H groups in total. The summed E-state index contributed by atoms with van der Waals surface area (Å²) in [6, 6.07) is 16.9. The summed E-state index contributed by atoms with van der Waals surface area (Å²) in [4.78, 5) is 28.6. The van der Waals surface area contributed by atoms with E-state index in [1.54, 1.807) is 18.2 Å². The molecule has 9 nitrogen and oxygen atoms in total. The maximum atomic E-state index is 12.4. The number of nitrogens with one attached hydrogen (secondary N) is 1. The Morgan fingerprint density at radius 3 is 2.51 bits per heavy atom. The number of phenols is 1. The number of para-hydroxylation sites is 1. The Morgan fingerprint density at radius 1 is 1.00 bits per heavy atom. The number of benzene rings is 2. The summed E-state index contributed by atoms with van der Waals surface area (Å²) in [5.74, 6) is -0.187. The van der Waals surface area contributed by atoms with Crippen molar-refractivity contribution in [2.45, 2.75) is 25.3 Å². The Balaban J connectivity index is 1.28. The number of imide groups is 1. The predicted octanol–water partition coefficient (Wildman–Crippen LogP) is 2.27. The van der Waals surface area contributed by atoms with Crippen molar-refractivity contribution < 1.29 is 14.7 Å². The minimum atomic E-state index is -0.291. The molecule has 2 fully saturated rings. The third-order valence-corrected chi connectivity index (χ3v) is 6.76. The van der Waals surface area contributed by atoms with E-state index in [1.165, 1.54) is 0 Å². The molecular formula is C26H28N6O3. The summed E-state index contributed by atoms with van der Waals surface area (Å²) in [6.45, 7) is 3.89. The maximum Gasteiger partial charge on any atom is 0.234 e. The van der Waals surface area contributed by atoms with Crippen molar-refractivity contribution in [3.05, 3.63) is 65.7 Å². The van der Waals surface area contributed by atoms with Crippen molar-refractivity contribution >= 4 is 23.3 Å². The highest BCUT2D eigenvalue weighted by molar-refractivity contribution is 6.01. The van der Waals surface area contributed by atoms with E-state index in [0.717, 1.165) is 49.5 Å². The molecule has 0 bridgehead atoms. The highest BCUT2D eigenvalue weighted by atomic mass is 16.3. The number of rotatable bonds is 5. The zero-order valence-corrected chi connectivity index (χ0v) is 19.4. The van der Waals surface area contributed by atoms with Gasteiger partial charge in [-0.2, -0.15) is 0 Å². The molecule has 0 spiro atoms. The number of anilines is 2. The Bertz CT molecular complexity index is 1260. The Kier molecular flexibility index (Phi) is 6.33. The number of piperidine rings is 1. The Morgan fingerprint density at radius 2 is 1.74 bits per heavy atom. The second-order valence-corrected chi connectivity index (χ2v) is 8.98. The summed E-state index contributed by atoms with van der Waals surface area (Å²) < 4.78 is 0. The van der Waals surface area contributed by atoms with Crippen molar-refractivity contribution in [3.8, 4) is 17.0 Å². The molecule has 1 atom stereocenters. The fourth-order valence-electron chi connectivity index (χ4n) is 4.86. The van der Waals surface area contributed by atoms with Crippen LogP contribution in [0.25, 0.3) is 11.3 Å². The molecule has 2 aliphatic rings. The molecule has 3 aromatic rings. The lowest BCUT2D eigenvalue weighted by Crippen LogP contribution is -2.46. The van der Waals surface area contributed by atoms with Crippen molar-refractivity contribution in [3.63, 3.8) is 0 Å². The fraction of sp³-hybridized carbons (Fsp3) is 0.308. The van der Waals surface area contributed by atoms with E-state index >= 15 is 0 Å². The van der Waals surface area contributed by atoms with Crippen LogP contribution in [0.4, 0.5) is 11.5 Å². The van der Waals surface area contributed by atoms with Gasteiger partial charge in [0.25, 0.3) is 0 Å². The number of hydrogen-bond acceptors (Lipinski definition) is 8. The molecule has 1 aromatic heterocycles. The molecule has 2 aliphatic heterocycles. The second kappa shape index (κ2) is 9.71. The van der Waals surface area contributed by atoms with E-state index < -0.39 is 0 Å². The third-order valence-electron chi connectivity index (χ3n) is 6.76. The van der Waals surface area contributed by atoms with Crippen molar-refractivity contribution in [2.75, 3.05) is 36.8 Å². The minimum absolute atomic E-state index is 0.150. The summed E-state index contributed by atoms with van der Waals surface area (Å²) in [6.07, 6.45) is 0.913. The van der Waals surface area contributed by atoms with Gasteiger partial charge in [-0.1, -0.05) is 36.4 Å². The summed E-state index contributed by atoms with van der Waals surface area (Å²) >= 11 is 0. The van der Waals surface area contributed by atoms with Gasteiger partial charge in [-0.3, -0.25) is 19.8 Å². The first kappa shape index (κ1) is 22.8. The van der Waals surface area contributed by atoms with Gasteiger partial charge in [0, 0.05) is 44.7 Å². The summed E-state index contributed by atoms with van der Waals surface area (Å²) in [7, 11) is 0. The number of hydrogen-bond donors (Lipinski definition) is 3. The number of amides is 2. The van der Waals surface area contributed by atoms with Gasteiger partial charge in [0.05, 0.1) is 17.3 Å². The Hall–Kier alpha value is -3.98. The van der Waals surface area contributed by atoms with Crippen LogP contribution in [0.1, 0.15) is 29.9 Å². The van der Waals surface area contributed by atoms with Crippen LogP contribution >= 0.6 is 0 Å². The van der Waals surface area contributed by atoms with Crippen LogP contribution in [-0.2, 0) is 16.1 Å². The molecule has 2 amide bonds. The lowest BCUT2D eigenvalue weighted by molar-refractivity contribution is -0.134. The van der Waals surface area contributed by atoms with Crippen LogP contribution in [0.2, 0.25) is 0 Å². The van der Waals surface area contributed by atoms with E-state index in [9.17, 15) is 14.7 Å². The van der Waals surface area contributed by atoms with E-state index in [0.29, 0.717) is 29.9 Å². The minimum Gasteiger partial charge on any atom is -0.507 e. The standard InChI is InChI=1S/C26H28N6O3/c27-25-22(15-21(29-30-25)20-7-3-4-8-23(20)33)32-13-11-31(12-14-32)16-17-5-1-2-6-18(17)19-9-10-24(34)28-26(19)35/h1-8,15,19,33H,9-14,16H2,(H2,27,30)(H,28,34,35). The number of aromatic nitrogens is 2. The second-order valence-electron chi connectivity index (χ2n) is 8.98. The van der Waals surface area contributed by atoms with Gasteiger partial charge in [0.1, 0.15) is 5.75 Å². The van der Waals surface area contributed by atoms with Gasteiger partial charge < -0.3 is 15.7 Å². The van der Waals surface area contributed by atoms with E-state index in [4.69, 9.17) is 5.73 Å². The maximum absolute atomic E-state index is 12.4. The monoisotopic (exact) mass is 472 g/mol. The predicted molar refractivity (Wildman–Crippen MR) is 133 cm³/mol. The lowest BCUT2D eigenvalue weighted by Gasteiger charge is -2.37. The first-order valence-electron chi connectivity index (χ1n) is 11.8. The fourth-order valence-corrected chi connectivity index (χ4v) is 4.86. The SMILES string of the molecule is Nc1nnc(-c2ccccc2O)cc1N1CCN(Cc2ccccc2C2CCC(=O)NC2=O)CC1. The number of carbonyl (C=O) groups excluding carboxylic acids is 2. The number of carbonyl (C=O) groups is 2. The van der Waals surface area contributed by atoms with E-state index in [2.05, 4.69) is 31.4 Å². The number of nitrogen functional groups attached to an aromatic ring is 1. The smallest absolute Gasteiger partial charge is 0.234 e. The lowest BCUT2D eigenvalue weighted by atomic mass is 9.87. The molecule has 2 aromatic carbocycles. The third kappa shape index (κ3) is 4.81. The first-order valence-corrected chi connectivity index (χ1v) is 11.8. The number of nitrogens with zero attached hydrogens (tertiary/aromatic N) is 4. The zero-order valence-electron chi connectivity index (χ0n) is 19.4. The van der Waals surface area contributed by atoms with Gasteiger partial charge in [0.2, 0.25) is 11.8 Å². The molecule has 1 unspecified atom stereocenters. The van der Waals surface area contributed by atoms with E-state index in [-0.39, 0.29) is 23.5 Å². The molecule has 9 heteroatoms. The molecule has 0 radical (unpaired) electrons. The van der Waals surface area contributed by atoms with Crippen molar-refractivity contribution in [2.24, 2.45) is 0 Å². The number of phenolic OH excluding ortho intramolecular Hbond substituents is 1.